The van der Waals surface area contributed by atoms with Crippen LogP contribution in [-0.4, -0.2) is 71.3 Å². The van der Waals surface area contributed by atoms with Crippen LogP contribution in [0.4, 0.5) is 0 Å². The van der Waals surface area contributed by atoms with E-state index in [2.05, 4.69) is 10.00 Å². The molecule has 2 aromatic rings. The predicted octanol–water partition coefficient (Wildman–Crippen LogP) is 2.26. The number of rotatable bonds is 6. The number of aryl methyl sites for hydroxylation is 2. The molecule has 0 radical (unpaired) electrons. The smallest absolute Gasteiger partial charge is 0.338 e. The van der Waals surface area contributed by atoms with Crippen LogP contribution >= 0.6 is 0 Å². The van der Waals surface area contributed by atoms with Crippen LogP contribution in [0.3, 0.4) is 0 Å². The van der Waals surface area contributed by atoms with E-state index >= 15 is 0 Å². The predicted molar refractivity (Wildman–Crippen MR) is 111 cm³/mol. The lowest BCUT2D eigenvalue weighted by molar-refractivity contribution is -0.130. The fraction of sp³-hybridized carbons (Fsp3) is 0.500. The second kappa shape index (κ2) is 9.22. The summed E-state index contributed by atoms with van der Waals surface area (Å²) < 4.78 is 7.66. The van der Waals surface area contributed by atoms with E-state index in [-0.39, 0.29) is 18.0 Å². The lowest BCUT2D eigenvalue weighted by Gasteiger charge is -2.31. The van der Waals surface area contributed by atoms with Crippen LogP contribution in [-0.2, 0) is 16.1 Å². The van der Waals surface area contributed by atoms with Crippen LogP contribution in [0.5, 0.6) is 0 Å². The summed E-state index contributed by atoms with van der Waals surface area (Å²) in [5, 5.41) is 4.48. The topological polar surface area (TPSA) is 67.7 Å². The molecule has 0 spiro atoms. The molecule has 29 heavy (non-hydrogen) atoms. The van der Waals surface area contributed by atoms with Gasteiger partial charge in [0.05, 0.1) is 24.3 Å². The number of aromatic nitrogens is 2. The van der Waals surface area contributed by atoms with E-state index in [4.69, 9.17) is 4.74 Å². The Bertz CT molecular complexity index is 867. The highest BCUT2D eigenvalue weighted by molar-refractivity contribution is 5.89. The van der Waals surface area contributed by atoms with Gasteiger partial charge in [0.15, 0.2) is 0 Å². The molecule has 1 aromatic carbocycles. The third-order valence-electron chi connectivity index (χ3n) is 5.26. The second-order valence-corrected chi connectivity index (χ2v) is 7.95. The van der Waals surface area contributed by atoms with Gasteiger partial charge < -0.3 is 9.64 Å². The number of amides is 1. The highest BCUT2D eigenvalue weighted by atomic mass is 16.5. The maximum absolute atomic E-state index is 12.6. The van der Waals surface area contributed by atoms with Gasteiger partial charge in [-0.05, 0) is 50.5 Å². The summed E-state index contributed by atoms with van der Waals surface area (Å²) in [5.41, 5.74) is 3.66. The van der Waals surface area contributed by atoms with E-state index in [0.717, 1.165) is 42.9 Å². The Labute approximate surface area is 172 Å². The third kappa shape index (κ3) is 5.67. The lowest BCUT2D eigenvalue weighted by Crippen LogP contribution is -2.43. The van der Waals surface area contributed by atoms with Crippen molar-refractivity contribution in [3.05, 3.63) is 52.8 Å². The molecule has 0 aliphatic carbocycles. The highest BCUT2D eigenvalue weighted by Crippen LogP contribution is 2.17. The number of esters is 1. The van der Waals surface area contributed by atoms with Gasteiger partial charge in [-0.3, -0.25) is 14.4 Å². The van der Waals surface area contributed by atoms with Gasteiger partial charge in [-0.2, -0.15) is 5.10 Å². The van der Waals surface area contributed by atoms with Crippen LogP contribution in [0.15, 0.2) is 30.3 Å². The molecule has 0 saturated carbocycles. The Hall–Kier alpha value is -2.67. The molecule has 1 saturated heterocycles. The number of carbonyl (C=O) groups excluding carboxylic acids is 2. The fourth-order valence-electron chi connectivity index (χ4n) is 3.54. The first kappa shape index (κ1) is 21.0. The molecule has 0 atom stereocenters. The SMILES string of the molecule is Cc1cc(C)n(Cc2cccc(C(=O)OC3CCN(CC(=O)N(C)C)CC3)c2)n1. The fourth-order valence-corrected chi connectivity index (χ4v) is 3.54. The van der Waals surface area contributed by atoms with Gasteiger partial charge in [0, 0.05) is 32.9 Å². The second-order valence-electron chi connectivity index (χ2n) is 7.95. The van der Waals surface area contributed by atoms with E-state index in [1.54, 1.807) is 25.1 Å². The standard InChI is InChI=1S/C22H30N4O3/c1-16-12-17(2)26(23-16)14-18-6-5-7-19(13-18)22(28)29-20-8-10-25(11-9-20)15-21(27)24(3)4/h5-7,12-13,20H,8-11,14-15H2,1-4H3. The Kier molecular flexibility index (Phi) is 6.69. The molecule has 1 aromatic heterocycles. The first-order chi connectivity index (χ1) is 13.8. The van der Waals surface area contributed by atoms with Gasteiger partial charge in [-0.1, -0.05) is 12.1 Å². The van der Waals surface area contributed by atoms with Crippen LogP contribution in [0.2, 0.25) is 0 Å². The Balaban J connectivity index is 1.54. The average Bonchev–Trinajstić information content (AvgIpc) is 3.00. The molecular formula is C22H30N4O3. The lowest BCUT2D eigenvalue weighted by atomic mass is 10.1. The summed E-state index contributed by atoms with van der Waals surface area (Å²) in [6.45, 7) is 6.56. The minimum atomic E-state index is -0.289. The maximum atomic E-state index is 12.6. The van der Waals surface area contributed by atoms with Gasteiger partial charge in [0.2, 0.25) is 5.91 Å². The normalized spacial score (nSPS) is 15.3. The van der Waals surface area contributed by atoms with Gasteiger partial charge in [-0.15, -0.1) is 0 Å². The van der Waals surface area contributed by atoms with Crippen LogP contribution in [0, 0.1) is 13.8 Å². The van der Waals surface area contributed by atoms with Crippen LogP contribution < -0.4 is 0 Å². The summed E-state index contributed by atoms with van der Waals surface area (Å²) in [6, 6.07) is 9.58. The largest absolute Gasteiger partial charge is 0.459 e. The van der Waals surface area contributed by atoms with Crippen molar-refractivity contribution in [3.63, 3.8) is 0 Å². The zero-order valence-electron chi connectivity index (χ0n) is 17.7. The number of hydrogen-bond acceptors (Lipinski definition) is 5. The zero-order valence-corrected chi connectivity index (χ0v) is 17.7. The third-order valence-corrected chi connectivity index (χ3v) is 5.26. The highest BCUT2D eigenvalue weighted by Gasteiger charge is 2.24. The Morgan fingerprint density at radius 2 is 1.90 bits per heavy atom. The van der Waals surface area contributed by atoms with Crippen LogP contribution in [0.25, 0.3) is 0 Å². The maximum Gasteiger partial charge on any atom is 0.338 e. The van der Waals surface area contributed by atoms with E-state index in [1.165, 1.54) is 0 Å². The summed E-state index contributed by atoms with van der Waals surface area (Å²) in [4.78, 5) is 28.2. The number of likely N-dealkylation sites (tertiary alicyclic amines) is 1. The van der Waals surface area contributed by atoms with Gasteiger partial charge >= 0.3 is 5.97 Å². The Morgan fingerprint density at radius 1 is 1.17 bits per heavy atom. The molecule has 0 N–H and O–H groups in total. The number of piperidine rings is 1. The first-order valence-corrected chi connectivity index (χ1v) is 10.1. The molecule has 0 unspecified atom stereocenters. The van der Waals surface area contributed by atoms with Crippen molar-refractivity contribution in [1.82, 2.24) is 19.6 Å². The van der Waals surface area contributed by atoms with E-state index in [9.17, 15) is 9.59 Å². The van der Waals surface area contributed by atoms with Gasteiger partial charge in [-0.25, -0.2) is 4.79 Å². The molecule has 3 rings (SSSR count). The molecule has 1 aliphatic rings. The molecule has 156 valence electrons. The molecule has 1 amide bonds. The molecule has 1 aliphatic heterocycles. The summed E-state index contributed by atoms with van der Waals surface area (Å²) in [7, 11) is 3.53. The number of benzene rings is 1. The van der Waals surface area contributed by atoms with Crippen LogP contribution in [0.1, 0.15) is 40.2 Å². The van der Waals surface area contributed by atoms with Gasteiger partial charge in [0.1, 0.15) is 6.10 Å². The molecule has 1 fully saturated rings. The summed E-state index contributed by atoms with van der Waals surface area (Å²) >= 11 is 0. The van der Waals surface area contributed by atoms with Crippen molar-refractivity contribution in [3.8, 4) is 0 Å². The molecule has 0 bridgehead atoms. The zero-order chi connectivity index (χ0) is 21.0. The van der Waals surface area contributed by atoms with E-state index in [1.807, 2.05) is 42.8 Å². The quantitative estimate of drug-likeness (QED) is 0.698. The molecule has 7 heteroatoms. The van der Waals surface area contributed by atoms with E-state index in [0.29, 0.717) is 18.7 Å². The average molecular weight is 399 g/mol. The van der Waals surface area contributed by atoms with Gasteiger partial charge in [0.25, 0.3) is 0 Å². The molecule has 7 nitrogen and oxygen atoms in total. The van der Waals surface area contributed by atoms with Crippen molar-refractivity contribution >= 4 is 11.9 Å². The van der Waals surface area contributed by atoms with Crippen molar-refractivity contribution < 1.29 is 14.3 Å². The first-order valence-electron chi connectivity index (χ1n) is 10.1. The van der Waals surface area contributed by atoms with Crippen molar-refractivity contribution in [2.45, 2.75) is 39.3 Å². The number of likely N-dealkylation sites (N-methyl/N-ethyl adjacent to an activating group) is 1. The molecule has 2 heterocycles. The van der Waals surface area contributed by atoms with Crippen molar-refractivity contribution in [2.75, 3.05) is 33.7 Å². The number of hydrogen-bond donors (Lipinski definition) is 0. The molecular weight excluding hydrogens is 368 g/mol. The monoisotopic (exact) mass is 398 g/mol. The van der Waals surface area contributed by atoms with Crippen molar-refractivity contribution in [2.24, 2.45) is 0 Å². The van der Waals surface area contributed by atoms with Crippen molar-refractivity contribution in [1.29, 1.82) is 0 Å². The van der Waals surface area contributed by atoms with E-state index < -0.39 is 0 Å². The minimum Gasteiger partial charge on any atom is -0.459 e. The summed E-state index contributed by atoms with van der Waals surface area (Å²) in [6.07, 6.45) is 1.39. The number of carbonyl (C=O) groups is 2. The Morgan fingerprint density at radius 3 is 2.52 bits per heavy atom. The minimum absolute atomic E-state index is 0.0971. The number of ether oxygens (including phenoxy) is 1. The number of nitrogens with zero attached hydrogens (tertiary/aromatic N) is 4. The summed E-state index contributed by atoms with van der Waals surface area (Å²) in [5.74, 6) is -0.192.